The third kappa shape index (κ3) is 4.90. The molecule has 2 aromatic rings. The third-order valence-electron chi connectivity index (χ3n) is 3.69. The molecule has 0 fully saturated rings. The molecule has 1 heterocycles. The van der Waals surface area contributed by atoms with Crippen LogP contribution in [0.4, 0.5) is 0 Å². The Hall–Kier alpha value is -1.70. The van der Waals surface area contributed by atoms with Crippen LogP contribution in [0.25, 0.3) is 0 Å². The fraction of sp³-hybridized carbons (Fsp3) is 0.353. The van der Waals surface area contributed by atoms with E-state index in [1.807, 2.05) is 29.8 Å². The maximum Gasteiger partial charge on any atom is 0.240 e. The Labute approximate surface area is 147 Å². The summed E-state index contributed by atoms with van der Waals surface area (Å²) in [5, 5.41) is 3.96. The quantitative estimate of drug-likeness (QED) is 0.819. The van der Waals surface area contributed by atoms with Gasteiger partial charge >= 0.3 is 0 Å². The molecule has 1 N–H and O–H groups in total. The van der Waals surface area contributed by atoms with E-state index >= 15 is 0 Å². The van der Waals surface area contributed by atoms with Crippen LogP contribution in [0.1, 0.15) is 23.1 Å². The minimum absolute atomic E-state index is 0.0858. The molecule has 130 valence electrons. The van der Waals surface area contributed by atoms with Crippen molar-refractivity contribution in [1.29, 1.82) is 0 Å². The number of hydrogen-bond donors (Lipinski definition) is 1. The van der Waals surface area contributed by atoms with Gasteiger partial charge in [-0.25, -0.2) is 13.1 Å². The number of benzene rings is 1. The van der Waals surface area contributed by atoms with Gasteiger partial charge in [0.05, 0.1) is 4.90 Å². The first kappa shape index (κ1) is 18.6. The molecular weight excluding hydrogens is 344 g/mol. The Balaban J connectivity index is 1.90. The molecule has 0 spiro atoms. The van der Waals surface area contributed by atoms with Gasteiger partial charge in [0.15, 0.2) is 0 Å². The van der Waals surface area contributed by atoms with E-state index in [9.17, 15) is 13.2 Å². The molecule has 0 radical (unpaired) electrons. The second-order valence-electron chi connectivity index (χ2n) is 5.80. The molecule has 2 rings (SSSR count). The number of carbonyl (C=O) groups is 1. The first-order valence-electron chi connectivity index (χ1n) is 7.61. The van der Waals surface area contributed by atoms with Gasteiger partial charge in [-0.05, 0) is 53.4 Å². The minimum Gasteiger partial charge on any atom is -0.341 e. The van der Waals surface area contributed by atoms with Gasteiger partial charge in [0.1, 0.15) is 0 Å². The van der Waals surface area contributed by atoms with E-state index in [2.05, 4.69) is 4.72 Å². The topological polar surface area (TPSA) is 66.5 Å². The summed E-state index contributed by atoms with van der Waals surface area (Å²) in [6.45, 7) is 4.23. The number of hydrogen-bond acceptors (Lipinski definition) is 4. The standard InChI is InChI=1S/C17H22N2O3S2/c1-13-4-5-14(2)16(10-13)24(21,22)18-8-6-17(20)19(3)11-15-7-9-23-12-15/h4-5,7,9-10,12,18H,6,8,11H2,1-3H3. The van der Waals surface area contributed by atoms with E-state index in [0.29, 0.717) is 12.1 Å². The lowest BCUT2D eigenvalue weighted by Gasteiger charge is -2.17. The maximum absolute atomic E-state index is 12.4. The maximum atomic E-state index is 12.4. The van der Waals surface area contributed by atoms with Crippen molar-refractivity contribution in [3.05, 3.63) is 51.7 Å². The Morgan fingerprint density at radius 1 is 1.25 bits per heavy atom. The molecule has 0 unspecified atom stereocenters. The van der Waals surface area contributed by atoms with Crippen LogP contribution < -0.4 is 4.72 Å². The first-order valence-corrected chi connectivity index (χ1v) is 10.0. The molecule has 24 heavy (non-hydrogen) atoms. The van der Waals surface area contributed by atoms with Crippen LogP contribution >= 0.6 is 11.3 Å². The largest absolute Gasteiger partial charge is 0.341 e. The smallest absolute Gasteiger partial charge is 0.240 e. The van der Waals surface area contributed by atoms with Gasteiger partial charge in [0.2, 0.25) is 15.9 Å². The molecule has 5 nitrogen and oxygen atoms in total. The Morgan fingerprint density at radius 3 is 2.67 bits per heavy atom. The number of aryl methyl sites for hydroxylation is 2. The van der Waals surface area contributed by atoms with Crippen LogP contribution in [-0.4, -0.2) is 32.8 Å². The molecular formula is C17H22N2O3S2. The summed E-state index contributed by atoms with van der Waals surface area (Å²) < 4.78 is 27.3. The van der Waals surface area contributed by atoms with E-state index in [0.717, 1.165) is 11.1 Å². The van der Waals surface area contributed by atoms with Gasteiger partial charge in [-0.1, -0.05) is 12.1 Å². The summed E-state index contributed by atoms with van der Waals surface area (Å²) in [7, 11) is -1.88. The normalized spacial score (nSPS) is 11.5. The van der Waals surface area contributed by atoms with E-state index in [1.165, 1.54) is 0 Å². The highest BCUT2D eigenvalue weighted by Gasteiger charge is 2.17. The number of carbonyl (C=O) groups excluding carboxylic acids is 1. The lowest BCUT2D eigenvalue weighted by molar-refractivity contribution is -0.130. The zero-order chi connectivity index (χ0) is 17.7. The van der Waals surface area contributed by atoms with Gasteiger partial charge in [-0.2, -0.15) is 11.3 Å². The highest BCUT2D eigenvalue weighted by Crippen LogP contribution is 2.16. The fourth-order valence-electron chi connectivity index (χ4n) is 2.30. The van der Waals surface area contributed by atoms with Crippen molar-refractivity contribution in [3.63, 3.8) is 0 Å². The van der Waals surface area contributed by atoms with Crippen molar-refractivity contribution in [1.82, 2.24) is 9.62 Å². The summed E-state index contributed by atoms with van der Waals surface area (Å²) in [5.74, 6) is -0.0927. The summed E-state index contributed by atoms with van der Waals surface area (Å²) in [6, 6.07) is 7.26. The number of rotatable bonds is 7. The average Bonchev–Trinajstić information content (AvgIpc) is 3.02. The number of nitrogens with one attached hydrogen (secondary N) is 1. The molecule has 0 atom stereocenters. The van der Waals surface area contributed by atoms with Gasteiger partial charge < -0.3 is 4.90 Å². The Kier molecular flexibility index (Phi) is 6.15. The molecule has 0 saturated heterocycles. The highest BCUT2D eigenvalue weighted by atomic mass is 32.2. The van der Waals surface area contributed by atoms with E-state index in [1.54, 1.807) is 42.3 Å². The predicted molar refractivity (Wildman–Crippen MR) is 96.5 cm³/mol. The fourth-order valence-corrected chi connectivity index (χ4v) is 4.32. The van der Waals surface area contributed by atoms with Gasteiger partial charge in [-0.3, -0.25) is 4.79 Å². The van der Waals surface area contributed by atoms with Crippen molar-refractivity contribution in [2.24, 2.45) is 0 Å². The van der Waals surface area contributed by atoms with Crippen molar-refractivity contribution < 1.29 is 13.2 Å². The Morgan fingerprint density at radius 2 is 2.00 bits per heavy atom. The van der Waals surface area contributed by atoms with Crippen molar-refractivity contribution >= 4 is 27.3 Å². The molecule has 0 bridgehead atoms. The summed E-state index contributed by atoms with van der Waals surface area (Å²) >= 11 is 1.58. The zero-order valence-electron chi connectivity index (χ0n) is 14.1. The van der Waals surface area contributed by atoms with Crippen LogP contribution in [-0.2, 0) is 21.4 Å². The summed E-state index contributed by atoms with van der Waals surface area (Å²) in [5.41, 5.74) is 2.65. The monoisotopic (exact) mass is 366 g/mol. The number of nitrogens with zero attached hydrogens (tertiary/aromatic N) is 1. The van der Waals surface area contributed by atoms with Crippen molar-refractivity contribution in [2.45, 2.75) is 31.7 Å². The van der Waals surface area contributed by atoms with Crippen molar-refractivity contribution in [3.8, 4) is 0 Å². The summed E-state index contributed by atoms with van der Waals surface area (Å²) in [6.07, 6.45) is 0.130. The number of thiophene rings is 1. The van der Waals surface area contributed by atoms with Crippen LogP contribution in [0, 0.1) is 13.8 Å². The molecule has 1 aromatic heterocycles. The zero-order valence-corrected chi connectivity index (χ0v) is 15.7. The summed E-state index contributed by atoms with van der Waals surface area (Å²) in [4.78, 5) is 14.0. The lowest BCUT2D eigenvalue weighted by atomic mass is 10.2. The lowest BCUT2D eigenvalue weighted by Crippen LogP contribution is -2.32. The van der Waals surface area contributed by atoms with E-state index in [-0.39, 0.29) is 23.8 Å². The first-order chi connectivity index (χ1) is 11.3. The van der Waals surface area contributed by atoms with Gasteiger partial charge in [-0.15, -0.1) is 0 Å². The van der Waals surface area contributed by atoms with Crippen LogP contribution in [0.15, 0.2) is 39.9 Å². The second-order valence-corrected chi connectivity index (χ2v) is 8.31. The molecule has 1 aromatic carbocycles. The van der Waals surface area contributed by atoms with Crippen LogP contribution in [0.2, 0.25) is 0 Å². The van der Waals surface area contributed by atoms with Crippen molar-refractivity contribution in [2.75, 3.05) is 13.6 Å². The molecule has 0 aliphatic carbocycles. The van der Waals surface area contributed by atoms with E-state index < -0.39 is 10.0 Å². The van der Waals surface area contributed by atoms with Gasteiger partial charge in [0.25, 0.3) is 0 Å². The van der Waals surface area contributed by atoms with Gasteiger partial charge in [0, 0.05) is 26.6 Å². The molecule has 0 aliphatic rings. The molecule has 0 aliphatic heterocycles. The minimum atomic E-state index is -3.60. The third-order valence-corrected chi connectivity index (χ3v) is 6.02. The number of amides is 1. The highest BCUT2D eigenvalue weighted by molar-refractivity contribution is 7.89. The van der Waals surface area contributed by atoms with Crippen LogP contribution in [0.3, 0.4) is 0 Å². The number of sulfonamides is 1. The molecule has 7 heteroatoms. The van der Waals surface area contributed by atoms with E-state index in [4.69, 9.17) is 0 Å². The molecule has 1 amide bonds. The Bertz CT molecular complexity index is 799. The second kappa shape index (κ2) is 7.92. The predicted octanol–water partition coefficient (Wildman–Crippen LogP) is 2.69. The van der Waals surface area contributed by atoms with Crippen LogP contribution in [0.5, 0.6) is 0 Å². The SMILES string of the molecule is Cc1ccc(C)c(S(=O)(=O)NCCC(=O)N(C)Cc2ccsc2)c1. The average molecular weight is 367 g/mol. The molecule has 0 saturated carbocycles.